The fourth-order valence-electron chi connectivity index (χ4n) is 3.90. The topological polar surface area (TPSA) is 26.3 Å². The molecule has 0 aromatic heterocycles. The highest BCUT2D eigenvalue weighted by Gasteiger charge is 2.17. The van der Waals surface area contributed by atoms with Crippen LogP contribution >= 0.6 is 8.58 Å². The van der Waals surface area contributed by atoms with E-state index >= 15 is 0 Å². The third-order valence-corrected chi connectivity index (χ3v) is 7.16. The number of aldehydes is 1. The van der Waals surface area contributed by atoms with Crippen LogP contribution in [-0.4, -0.2) is 6.29 Å². The molecule has 0 saturated heterocycles. The predicted molar refractivity (Wildman–Crippen MR) is 131 cm³/mol. The standard InChI is InChI=1S/C28H27O2P/c1-21-10-8-16-25(19-29)28(21)31-26-17-9-15-24(18-22-11-4-2-5-12-22)27(26)30-20-23-13-6-3-7-14-23/h2-11,13-17,19,22,31H,12,18,20H2,1H3. The maximum Gasteiger partial charge on any atom is 0.150 e. The van der Waals surface area contributed by atoms with E-state index in [0.717, 1.165) is 52.2 Å². The van der Waals surface area contributed by atoms with E-state index in [-0.39, 0.29) is 0 Å². The first-order valence-corrected chi connectivity index (χ1v) is 11.7. The van der Waals surface area contributed by atoms with Crippen LogP contribution in [0.3, 0.4) is 0 Å². The van der Waals surface area contributed by atoms with Gasteiger partial charge in [0.25, 0.3) is 0 Å². The summed E-state index contributed by atoms with van der Waals surface area (Å²) in [6.45, 7) is 2.60. The predicted octanol–water partition coefficient (Wildman–Crippen LogP) is 5.69. The lowest BCUT2D eigenvalue weighted by Gasteiger charge is -2.20. The molecule has 31 heavy (non-hydrogen) atoms. The second kappa shape index (κ2) is 10.4. The van der Waals surface area contributed by atoms with Crippen molar-refractivity contribution in [3.05, 3.63) is 113 Å². The molecule has 4 rings (SSSR count). The van der Waals surface area contributed by atoms with Crippen LogP contribution in [0.15, 0.2) is 91.0 Å². The summed E-state index contributed by atoms with van der Waals surface area (Å²) in [7, 11) is 0.368. The van der Waals surface area contributed by atoms with Crippen molar-refractivity contribution in [1.82, 2.24) is 0 Å². The van der Waals surface area contributed by atoms with Gasteiger partial charge in [0.05, 0.1) is 0 Å². The molecular weight excluding hydrogens is 399 g/mol. The highest BCUT2D eigenvalue weighted by Crippen LogP contribution is 2.29. The number of allylic oxidation sites excluding steroid dienone is 4. The van der Waals surface area contributed by atoms with Crippen LogP contribution in [0.5, 0.6) is 5.75 Å². The summed E-state index contributed by atoms with van der Waals surface area (Å²) in [6, 6.07) is 22.6. The van der Waals surface area contributed by atoms with Gasteiger partial charge in [-0.3, -0.25) is 4.79 Å². The van der Waals surface area contributed by atoms with Crippen LogP contribution in [0.1, 0.15) is 33.5 Å². The Kier molecular flexibility index (Phi) is 7.12. The summed E-state index contributed by atoms with van der Waals surface area (Å²) in [4.78, 5) is 11.7. The van der Waals surface area contributed by atoms with Gasteiger partial charge < -0.3 is 4.74 Å². The van der Waals surface area contributed by atoms with Crippen LogP contribution in [0.2, 0.25) is 0 Å². The van der Waals surface area contributed by atoms with Gasteiger partial charge in [-0.15, -0.1) is 0 Å². The molecule has 0 N–H and O–H groups in total. The number of hydrogen-bond donors (Lipinski definition) is 0. The minimum Gasteiger partial charge on any atom is -0.488 e. The van der Waals surface area contributed by atoms with Crippen LogP contribution in [0.4, 0.5) is 0 Å². The van der Waals surface area contributed by atoms with E-state index in [1.807, 2.05) is 30.3 Å². The number of carbonyl (C=O) groups excluding carboxylic acids is 1. The molecule has 1 aliphatic rings. The fourth-order valence-corrected chi connectivity index (χ4v) is 5.27. The lowest BCUT2D eigenvalue weighted by atomic mass is 9.93. The molecule has 0 fully saturated rings. The van der Waals surface area contributed by atoms with Crippen molar-refractivity contribution in [2.24, 2.45) is 5.92 Å². The zero-order chi connectivity index (χ0) is 21.5. The van der Waals surface area contributed by atoms with Gasteiger partial charge in [-0.1, -0.05) is 99.6 Å². The summed E-state index contributed by atoms with van der Waals surface area (Å²) in [6.07, 6.45) is 11.7. The molecule has 0 spiro atoms. The Hall–Kier alpha value is -2.96. The number of carbonyl (C=O) groups is 1. The van der Waals surface area contributed by atoms with E-state index in [1.165, 1.54) is 5.56 Å². The Morgan fingerprint density at radius 2 is 1.84 bits per heavy atom. The van der Waals surface area contributed by atoms with Gasteiger partial charge in [-0.2, -0.15) is 0 Å². The maximum absolute atomic E-state index is 11.7. The van der Waals surface area contributed by atoms with Gasteiger partial charge in [0, 0.05) is 10.9 Å². The van der Waals surface area contributed by atoms with Crippen molar-refractivity contribution < 1.29 is 9.53 Å². The zero-order valence-corrected chi connectivity index (χ0v) is 18.8. The average molecular weight is 426 g/mol. The fraction of sp³-hybridized carbons (Fsp3) is 0.179. The van der Waals surface area contributed by atoms with Gasteiger partial charge in [0.1, 0.15) is 12.4 Å². The molecule has 0 aliphatic heterocycles. The van der Waals surface area contributed by atoms with E-state index in [1.54, 1.807) is 0 Å². The quantitative estimate of drug-likeness (QED) is 0.342. The summed E-state index contributed by atoms with van der Waals surface area (Å²) < 4.78 is 6.46. The van der Waals surface area contributed by atoms with E-state index in [9.17, 15) is 4.79 Å². The lowest BCUT2D eigenvalue weighted by molar-refractivity contribution is 0.112. The zero-order valence-electron chi connectivity index (χ0n) is 17.8. The highest BCUT2D eigenvalue weighted by molar-refractivity contribution is 7.56. The van der Waals surface area contributed by atoms with Gasteiger partial charge >= 0.3 is 0 Å². The van der Waals surface area contributed by atoms with E-state index in [0.29, 0.717) is 21.1 Å². The largest absolute Gasteiger partial charge is 0.488 e. The van der Waals surface area contributed by atoms with Crippen molar-refractivity contribution in [2.75, 3.05) is 0 Å². The van der Waals surface area contributed by atoms with Gasteiger partial charge in [-0.05, 0) is 47.7 Å². The number of ether oxygens (including phenoxy) is 1. The molecule has 2 unspecified atom stereocenters. The number of hydrogen-bond acceptors (Lipinski definition) is 2. The van der Waals surface area contributed by atoms with Crippen molar-refractivity contribution in [3.63, 3.8) is 0 Å². The first kappa shape index (κ1) is 21.3. The SMILES string of the molecule is Cc1cccc(C=O)c1Pc1cccc(CC2C=CC=CC2)c1OCc1ccccc1. The monoisotopic (exact) mass is 426 g/mol. The second-order valence-corrected chi connectivity index (χ2v) is 9.15. The molecule has 2 nitrogen and oxygen atoms in total. The van der Waals surface area contributed by atoms with Gasteiger partial charge in [0.15, 0.2) is 6.29 Å². The highest BCUT2D eigenvalue weighted by atomic mass is 31.1. The minimum atomic E-state index is 0.368. The molecule has 3 aromatic carbocycles. The molecule has 156 valence electrons. The van der Waals surface area contributed by atoms with Crippen molar-refractivity contribution in [2.45, 2.75) is 26.4 Å². The molecule has 0 bridgehead atoms. The number of para-hydroxylation sites is 1. The summed E-state index contributed by atoms with van der Waals surface area (Å²) in [5, 5.41) is 2.25. The number of benzene rings is 3. The van der Waals surface area contributed by atoms with E-state index in [4.69, 9.17) is 4.74 Å². The Balaban J connectivity index is 1.68. The minimum absolute atomic E-state index is 0.368. The first-order valence-electron chi connectivity index (χ1n) is 10.7. The summed E-state index contributed by atoms with van der Waals surface area (Å²) >= 11 is 0. The normalized spacial score (nSPS) is 15.5. The Bertz CT molecular complexity index is 1100. The summed E-state index contributed by atoms with van der Waals surface area (Å²) in [5.41, 5.74) is 4.28. The molecule has 0 saturated carbocycles. The third kappa shape index (κ3) is 5.40. The molecular formula is C28H27O2P. The molecule has 3 aromatic rings. The summed E-state index contributed by atoms with van der Waals surface area (Å²) in [5.74, 6) is 1.44. The number of aryl methyl sites for hydroxylation is 1. The number of rotatable bonds is 8. The smallest absolute Gasteiger partial charge is 0.150 e. The van der Waals surface area contributed by atoms with Crippen LogP contribution in [0, 0.1) is 12.8 Å². The van der Waals surface area contributed by atoms with Crippen molar-refractivity contribution in [3.8, 4) is 5.75 Å². The molecule has 3 heteroatoms. The average Bonchev–Trinajstić information content (AvgIpc) is 2.81. The lowest BCUT2D eigenvalue weighted by Crippen LogP contribution is -2.16. The molecule has 1 aliphatic carbocycles. The first-order chi connectivity index (χ1) is 15.2. The van der Waals surface area contributed by atoms with Crippen LogP contribution in [0.25, 0.3) is 0 Å². The van der Waals surface area contributed by atoms with Crippen LogP contribution < -0.4 is 15.3 Å². The van der Waals surface area contributed by atoms with E-state index < -0.39 is 0 Å². The van der Waals surface area contributed by atoms with Crippen molar-refractivity contribution in [1.29, 1.82) is 0 Å². The molecule has 2 atom stereocenters. The second-order valence-electron chi connectivity index (χ2n) is 7.86. The Morgan fingerprint density at radius 3 is 2.61 bits per heavy atom. The van der Waals surface area contributed by atoms with Gasteiger partial charge in [0.2, 0.25) is 0 Å². The Labute approximate surface area is 186 Å². The third-order valence-electron chi connectivity index (χ3n) is 5.57. The maximum atomic E-state index is 11.7. The van der Waals surface area contributed by atoms with Crippen LogP contribution in [-0.2, 0) is 13.0 Å². The molecule has 0 amide bonds. The van der Waals surface area contributed by atoms with Gasteiger partial charge in [-0.25, -0.2) is 0 Å². The molecule has 0 radical (unpaired) electrons. The van der Waals surface area contributed by atoms with E-state index in [2.05, 4.69) is 67.6 Å². The van der Waals surface area contributed by atoms with Crippen molar-refractivity contribution >= 4 is 25.5 Å². The molecule has 0 heterocycles. The Morgan fingerprint density at radius 1 is 1.00 bits per heavy atom.